The third-order valence-electron chi connectivity index (χ3n) is 3.64. The Labute approximate surface area is 148 Å². The van der Waals surface area contributed by atoms with Crippen molar-refractivity contribution in [1.82, 2.24) is 25.1 Å². The van der Waals surface area contributed by atoms with Crippen molar-refractivity contribution in [2.75, 3.05) is 18.6 Å². The Kier molecular flexibility index (Phi) is 7.49. The number of pyridine rings is 1. The van der Waals surface area contributed by atoms with Crippen LogP contribution >= 0.6 is 0 Å². The van der Waals surface area contributed by atoms with Crippen molar-refractivity contribution in [1.29, 1.82) is 0 Å². The zero-order valence-corrected chi connectivity index (χ0v) is 14.9. The van der Waals surface area contributed by atoms with Gasteiger partial charge in [-0.05, 0) is 45.0 Å². The molecule has 0 atom stereocenters. The smallest absolute Gasteiger partial charge is 0.182 e. The molecule has 0 aliphatic carbocycles. The van der Waals surface area contributed by atoms with Gasteiger partial charge in [0.2, 0.25) is 0 Å². The van der Waals surface area contributed by atoms with Crippen molar-refractivity contribution in [2.24, 2.45) is 0 Å². The van der Waals surface area contributed by atoms with Gasteiger partial charge in [0.1, 0.15) is 17.8 Å². The summed E-state index contributed by atoms with van der Waals surface area (Å²) in [5.41, 5.74) is 0.794. The summed E-state index contributed by atoms with van der Waals surface area (Å²) in [4.78, 5) is 4.59. The molecule has 2 aromatic heterocycles. The van der Waals surface area contributed by atoms with Gasteiger partial charge in [-0.1, -0.05) is 18.7 Å². The quantitative estimate of drug-likeness (QED) is 0.371. The van der Waals surface area contributed by atoms with E-state index in [0.717, 1.165) is 49.1 Å². The van der Waals surface area contributed by atoms with Gasteiger partial charge in [-0.2, -0.15) is 0 Å². The highest BCUT2D eigenvalue weighted by Crippen LogP contribution is 2.17. The summed E-state index contributed by atoms with van der Waals surface area (Å²) in [5, 5.41) is 14.4. The molecule has 2 rings (SSSR count). The molecule has 0 radical (unpaired) electrons. The van der Waals surface area contributed by atoms with E-state index in [0.29, 0.717) is 6.67 Å². The zero-order chi connectivity index (χ0) is 17.9. The van der Waals surface area contributed by atoms with Crippen LogP contribution in [0.1, 0.15) is 26.7 Å². The number of hydrogen-bond acceptors (Lipinski definition) is 6. The Balaban J connectivity index is 1.92. The molecular formula is C18H26N6O. The Morgan fingerprint density at radius 2 is 2.24 bits per heavy atom. The van der Waals surface area contributed by atoms with Crippen LogP contribution in [0.2, 0.25) is 0 Å². The van der Waals surface area contributed by atoms with E-state index in [1.165, 1.54) is 0 Å². The lowest BCUT2D eigenvalue weighted by Crippen LogP contribution is -2.16. The minimum atomic E-state index is 0.568. The number of aryl methyl sites for hydroxylation is 1. The Bertz CT molecular complexity index is 694. The molecule has 0 aromatic carbocycles. The third-order valence-corrected chi connectivity index (χ3v) is 3.64. The van der Waals surface area contributed by atoms with Crippen LogP contribution in [0.3, 0.4) is 0 Å². The first-order valence-corrected chi connectivity index (χ1v) is 8.43. The summed E-state index contributed by atoms with van der Waals surface area (Å²) in [5.74, 6) is 2.51. The van der Waals surface area contributed by atoms with Gasteiger partial charge in [-0.3, -0.25) is 0 Å². The number of hydrogen-bond donors (Lipinski definition) is 2. The van der Waals surface area contributed by atoms with Crippen molar-refractivity contribution >= 4 is 5.82 Å². The van der Waals surface area contributed by atoms with E-state index in [9.17, 15) is 0 Å². The highest BCUT2D eigenvalue weighted by molar-refractivity contribution is 5.53. The van der Waals surface area contributed by atoms with E-state index in [-0.39, 0.29) is 0 Å². The molecule has 2 N–H and O–H groups in total. The molecule has 0 aliphatic rings. The lowest BCUT2D eigenvalue weighted by Gasteiger charge is -2.09. The molecule has 0 saturated heterocycles. The van der Waals surface area contributed by atoms with Crippen LogP contribution in [0.5, 0.6) is 0 Å². The topological polar surface area (TPSA) is 76.9 Å². The molecule has 134 valence electrons. The predicted octanol–water partition coefficient (Wildman–Crippen LogP) is 3.16. The number of unbranched alkanes of at least 4 members (excludes halogenated alkanes) is 1. The number of ether oxygens (including phenoxy) is 1. The molecule has 0 aliphatic heterocycles. The van der Waals surface area contributed by atoms with Crippen LogP contribution in [-0.4, -0.2) is 33.0 Å². The second-order valence-corrected chi connectivity index (χ2v) is 5.47. The average molecular weight is 342 g/mol. The maximum Gasteiger partial charge on any atom is 0.182 e. The second kappa shape index (κ2) is 10.1. The molecule has 7 nitrogen and oxygen atoms in total. The normalized spacial score (nSPS) is 11.2. The number of rotatable bonds is 11. The van der Waals surface area contributed by atoms with Crippen LogP contribution in [0.15, 0.2) is 49.1 Å². The Morgan fingerprint density at radius 1 is 1.36 bits per heavy atom. The van der Waals surface area contributed by atoms with E-state index in [1.54, 1.807) is 12.5 Å². The van der Waals surface area contributed by atoms with E-state index in [2.05, 4.69) is 32.4 Å². The van der Waals surface area contributed by atoms with Crippen molar-refractivity contribution in [3.8, 4) is 11.5 Å². The number of allylic oxidation sites excluding steroid dienone is 2. The molecule has 25 heavy (non-hydrogen) atoms. The molecule has 0 bridgehead atoms. The summed E-state index contributed by atoms with van der Waals surface area (Å²) in [6.45, 7) is 9.68. The first-order chi connectivity index (χ1) is 12.2. The van der Waals surface area contributed by atoms with Crippen LogP contribution in [0.4, 0.5) is 5.82 Å². The van der Waals surface area contributed by atoms with Crippen molar-refractivity contribution in [2.45, 2.75) is 33.2 Å². The molecule has 2 aromatic rings. The maximum atomic E-state index is 5.57. The van der Waals surface area contributed by atoms with Gasteiger partial charge in [0.05, 0.1) is 19.0 Å². The molecule has 2 heterocycles. The fourth-order valence-corrected chi connectivity index (χ4v) is 2.19. The highest BCUT2D eigenvalue weighted by atomic mass is 16.5. The average Bonchev–Trinajstić information content (AvgIpc) is 3.10. The van der Waals surface area contributed by atoms with Crippen molar-refractivity contribution in [3.05, 3.63) is 49.1 Å². The molecule has 7 heteroatoms. The van der Waals surface area contributed by atoms with Gasteiger partial charge in [-0.15, -0.1) is 10.2 Å². The Hall–Kier alpha value is -2.83. The highest BCUT2D eigenvalue weighted by Gasteiger charge is 2.09. The van der Waals surface area contributed by atoms with Gasteiger partial charge in [-0.25, -0.2) is 4.98 Å². The lowest BCUT2D eigenvalue weighted by molar-refractivity contribution is 0.206. The minimum Gasteiger partial charge on any atom is -0.499 e. The fourth-order valence-electron chi connectivity index (χ4n) is 2.19. The minimum absolute atomic E-state index is 0.568. The first kappa shape index (κ1) is 18.5. The number of nitrogens with one attached hydrogen (secondary N) is 2. The summed E-state index contributed by atoms with van der Waals surface area (Å²) >= 11 is 0. The van der Waals surface area contributed by atoms with E-state index in [4.69, 9.17) is 4.74 Å². The summed E-state index contributed by atoms with van der Waals surface area (Å²) in [6.07, 6.45) is 7.31. The SMILES string of the molecule is C=CNCNc1cccc(-c2nncn2CCCCO/C(C)=C/C)n1. The molecule has 0 fully saturated rings. The summed E-state index contributed by atoms with van der Waals surface area (Å²) < 4.78 is 7.60. The predicted molar refractivity (Wildman–Crippen MR) is 99.7 cm³/mol. The van der Waals surface area contributed by atoms with Crippen LogP contribution in [-0.2, 0) is 11.3 Å². The molecule has 0 amide bonds. The fraction of sp³-hybridized carbons (Fsp3) is 0.389. The van der Waals surface area contributed by atoms with E-state index < -0.39 is 0 Å². The lowest BCUT2D eigenvalue weighted by atomic mass is 10.3. The maximum absolute atomic E-state index is 5.57. The van der Waals surface area contributed by atoms with Crippen LogP contribution < -0.4 is 10.6 Å². The van der Waals surface area contributed by atoms with Gasteiger partial charge in [0.15, 0.2) is 5.82 Å². The van der Waals surface area contributed by atoms with Gasteiger partial charge < -0.3 is 19.9 Å². The largest absolute Gasteiger partial charge is 0.499 e. The molecular weight excluding hydrogens is 316 g/mol. The first-order valence-electron chi connectivity index (χ1n) is 8.43. The molecule has 0 spiro atoms. The summed E-state index contributed by atoms with van der Waals surface area (Å²) in [6, 6.07) is 5.80. The van der Waals surface area contributed by atoms with E-state index >= 15 is 0 Å². The van der Waals surface area contributed by atoms with E-state index in [1.807, 2.05) is 42.7 Å². The third kappa shape index (κ3) is 5.95. The Morgan fingerprint density at radius 3 is 3.04 bits per heavy atom. The van der Waals surface area contributed by atoms with Crippen LogP contribution in [0.25, 0.3) is 11.5 Å². The number of anilines is 1. The van der Waals surface area contributed by atoms with Crippen LogP contribution in [0, 0.1) is 0 Å². The monoisotopic (exact) mass is 342 g/mol. The van der Waals surface area contributed by atoms with Crippen molar-refractivity contribution in [3.63, 3.8) is 0 Å². The molecule has 0 unspecified atom stereocenters. The van der Waals surface area contributed by atoms with Crippen molar-refractivity contribution < 1.29 is 4.74 Å². The number of aromatic nitrogens is 4. The standard InChI is InChI=1S/C18H26N6O/c1-4-15(3)25-12-7-6-11-24-14-21-23-18(24)16-9-8-10-17(22-16)20-13-19-5-2/h4-5,8-10,14,19H,2,6-7,11-13H2,1,3H3,(H,20,22)/b15-4+. The summed E-state index contributed by atoms with van der Waals surface area (Å²) in [7, 11) is 0. The van der Waals surface area contributed by atoms with Gasteiger partial charge in [0.25, 0.3) is 0 Å². The second-order valence-electron chi connectivity index (χ2n) is 5.47. The number of nitrogens with zero attached hydrogens (tertiary/aromatic N) is 4. The zero-order valence-electron chi connectivity index (χ0n) is 14.9. The van der Waals surface area contributed by atoms with Gasteiger partial charge >= 0.3 is 0 Å². The molecule has 0 saturated carbocycles. The van der Waals surface area contributed by atoms with Gasteiger partial charge in [0, 0.05) is 6.54 Å².